The largest absolute Gasteiger partial charge is 0.342 e. The van der Waals surface area contributed by atoms with Crippen LogP contribution in [0.25, 0.3) is 0 Å². The number of rotatable bonds is 0. The van der Waals surface area contributed by atoms with E-state index in [4.69, 9.17) is 5.84 Å². The van der Waals surface area contributed by atoms with E-state index in [9.17, 15) is 4.79 Å². The minimum atomic E-state index is 0.246. The van der Waals surface area contributed by atoms with Crippen molar-refractivity contribution in [3.05, 3.63) is 0 Å². The molecule has 0 radical (unpaired) electrons. The maximum absolute atomic E-state index is 12.2. The smallest absolute Gasteiger partial charge is 0.222 e. The molecule has 1 amide bonds. The maximum atomic E-state index is 12.2. The second-order valence-electron chi connectivity index (χ2n) is 9.05. The molecule has 128 valence electrons. The van der Waals surface area contributed by atoms with Gasteiger partial charge in [-0.3, -0.25) is 4.79 Å². The average molecular weight is 317 g/mol. The third-order valence-corrected chi connectivity index (χ3v) is 8.45. The first kappa shape index (κ1) is 15.5. The third kappa shape index (κ3) is 1.90. The predicted molar refractivity (Wildman–Crippen MR) is 91.8 cm³/mol. The number of hydrogen-bond donors (Lipinski definition) is 1. The highest BCUT2D eigenvalue weighted by molar-refractivity contribution is 5.92. The van der Waals surface area contributed by atoms with E-state index in [2.05, 4.69) is 23.8 Å². The first-order valence-corrected chi connectivity index (χ1v) is 9.44. The van der Waals surface area contributed by atoms with Crippen LogP contribution in [0.1, 0.15) is 65.2 Å². The molecule has 0 aromatic rings. The molecule has 1 aliphatic heterocycles. The van der Waals surface area contributed by atoms with Crippen molar-refractivity contribution in [3.8, 4) is 0 Å². The van der Waals surface area contributed by atoms with Crippen molar-refractivity contribution in [1.82, 2.24) is 4.90 Å². The van der Waals surface area contributed by atoms with Crippen molar-refractivity contribution < 1.29 is 4.79 Å². The van der Waals surface area contributed by atoms with Gasteiger partial charge in [0.2, 0.25) is 5.91 Å². The van der Waals surface area contributed by atoms with E-state index >= 15 is 0 Å². The van der Waals surface area contributed by atoms with Crippen LogP contribution in [0.3, 0.4) is 0 Å². The second kappa shape index (κ2) is 4.97. The van der Waals surface area contributed by atoms with Crippen molar-refractivity contribution in [1.29, 1.82) is 0 Å². The Morgan fingerprint density at radius 2 is 1.87 bits per heavy atom. The van der Waals surface area contributed by atoms with E-state index in [0.29, 0.717) is 17.4 Å². The topological polar surface area (TPSA) is 58.7 Å². The molecule has 4 fully saturated rings. The van der Waals surface area contributed by atoms with Crippen LogP contribution >= 0.6 is 0 Å². The second-order valence-corrected chi connectivity index (χ2v) is 9.05. The minimum Gasteiger partial charge on any atom is -0.342 e. The lowest BCUT2D eigenvalue weighted by atomic mass is 9.47. The zero-order valence-electron chi connectivity index (χ0n) is 14.8. The lowest BCUT2D eigenvalue weighted by Crippen LogP contribution is -2.61. The molecule has 4 aliphatic rings. The highest BCUT2D eigenvalue weighted by Gasteiger charge is 2.60. The van der Waals surface area contributed by atoms with Crippen LogP contribution in [0.2, 0.25) is 0 Å². The Hall–Kier alpha value is -1.06. The van der Waals surface area contributed by atoms with Crippen LogP contribution in [0.15, 0.2) is 5.10 Å². The van der Waals surface area contributed by atoms with Crippen LogP contribution in [-0.4, -0.2) is 29.6 Å². The molecule has 2 N–H and O–H groups in total. The number of fused-ring (bicyclic) bond motifs is 5. The first-order valence-electron chi connectivity index (χ1n) is 9.44. The average Bonchev–Trinajstić information content (AvgIpc) is 2.88. The standard InChI is InChI=1S/C19H31N3O/c1-18-10-8-14-12(13(18)5-6-15(18)21-20)4-7-16-19(14,2)11-9-17(23)22(16)3/h12-14,16H,4-11,20H2,1-3H3/b21-15+/t12-,13-,14-,16+,18-,19+/m0/s1. The number of carbonyl (C=O) groups is 1. The molecule has 4 nitrogen and oxygen atoms in total. The molecular formula is C19H31N3O. The number of hydrazone groups is 1. The van der Waals surface area contributed by atoms with Gasteiger partial charge in [0.25, 0.3) is 0 Å². The molecule has 1 saturated heterocycles. The fourth-order valence-electron chi connectivity index (χ4n) is 7.15. The molecule has 0 aromatic carbocycles. The summed E-state index contributed by atoms with van der Waals surface area (Å²) in [5.74, 6) is 8.38. The number of nitrogens with zero attached hydrogens (tertiary/aromatic N) is 2. The zero-order chi connectivity index (χ0) is 16.4. The number of nitrogens with two attached hydrogens (primary N) is 1. The van der Waals surface area contributed by atoms with Gasteiger partial charge in [0, 0.05) is 30.6 Å². The normalized spacial score (nSPS) is 51.3. The molecule has 6 atom stereocenters. The molecule has 23 heavy (non-hydrogen) atoms. The van der Waals surface area contributed by atoms with Crippen molar-refractivity contribution in [2.75, 3.05) is 7.05 Å². The lowest BCUT2D eigenvalue weighted by Gasteiger charge is -2.61. The van der Waals surface area contributed by atoms with E-state index in [0.717, 1.165) is 37.0 Å². The summed E-state index contributed by atoms with van der Waals surface area (Å²) in [6.07, 6.45) is 9.17. The Morgan fingerprint density at radius 3 is 2.61 bits per heavy atom. The van der Waals surface area contributed by atoms with E-state index < -0.39 is 0 Å². The summed E-state index contributed by atoms with van der Waals surface area (Å²) < 4.78 is 0. The molecule has 0 aromatic heterocycles. The monoisotopic (exact) mass is 317 g/mol. The molecule has 1 heterocycles. The number of likely N-dealkylation sites (tertiary alicyclic amines) is 1. The molecule has 3 saturated carbocycles. The van der Waals surface area contributed by atoms with Crippen LogP contribution < -0.4 is 5.84 Å². The molecule has 3 aliphatic carbocycles. The number of piperidine rings is 1. The summed E-state index contributed by atoms with van der Waals surface area (Å²) in [5.41, 5.74) is 1.83. The summed E-state index contributed by atoms with van der Waals surface area (Å²) in [4.78, 5) is 14.2. The van der Waals surface area contributed by atoms with Gasteiger partial charge >= 0.3 is 0 Å². The van der Waals surface area contributed by atoms with Crippen LogP contribution in [0.4, 0.5) is 0 Å². The molecular weight excluding hydrogens is 286 g/mol. The fraction of sp³-hybridized carbons (Fsp3) is 0.895. The zero-order valence-corrected chi connectivity index (χ0v) is 14.8. The summed E-state index contributed by atoms with van der Waals surface area (Å²) in [5, 5.41) is 4.17. The number of amides is 1. The molecule has 4 heteroatoms. The molecule has 0 unspecified atom stereocenters. The van der Waals surface area contributed by atoms with E-state index in [1.165, 1.54) is 37.8 Å². The highest BCUT2D eigenvalue weighted by atomic mass is 16.2. The van der Waals surface area contributed by atoms with Gasteiger partial charge in [-0.25, -0.2) is 0 Å². The summed E-state index contributed by atoms with van der Waals surface area (Å²) in [7, 11) is 2.03. The quantitative estimate of drug-likeness (QED) is 0.551. The van der Waals surface area contributed by atoms with Gasteiger partial charge < -0.3 is 10.7 Å². The lowest BCUT2D eigenvalue weighted by molar-refractivity contribution is -0.155. The number of carbonyl (C=O) groups excluding carboxylic acids is 1. The van der Waals surface area contributed by atoms with Crippen LogP contribution in [0, 0.1) is 28.6 Å². The van der Waals surface area contributed by atoms with E-state index in [1.807, 2.05) is 7.05 Å². The summed E-state index contributed by atoms with van der Waals surface area (Å²) in [6.45, 7) is 4.89. The van der Waals surface area contributed by atoms with Crippen molar-refractivity contribution in [2.24, 2.45) is 39.5 Å². The van der Waals surface area contributed by atoms with Gasteiger partial charge in [-0.05, 0) is 68.1 Å². The molecule has 4 rings (SSSR count). The van der Waals surface area contributed by atoms with Gasteiger partial charge in [0.1, 0.15) is 0 Å². The number of hydrogen-bond acceptors (Lipinski definition) is 3. The Bertz CT molecular complexity index is 559. The molecule has 0 bridgehead atoms. The van der Waals surface area contributed by atoms with Crippen molar-refractivity contribution in [3.63, 3.8) is 0 Å². The predicted octanol–water partition coefficient (Wildman–Crippen LogP) is 3.16. The summed E-state index contributed by atoms with van der Waals surface area (Å²) in [6, 6.07) is 0.457. The Kier molecular flexibility index (Phi) is 3.34. The van der Waals surface area contributed by atoms with Gasteiger partial charge in [0.05, 0.1) is 0 Å². The van der Waals surface area contributed by atoms with Crippen LogP contribution in [-0.2, 0) is 4.79 Å². The fourth-order valence-corrected chi connectivity index (χ4v) is 7.15. The van der Waals surface area contributed by atoms with Crippen LogP contribution in [0.5, 0.6) is 0 Å². The minimum absolute atomic E-state index is 0.246. The van der Waals surface area contributed by atoms with Gasteiger partial charge in [-0.15, -0.1) is 0 Å². The summed E-state index contributed by atoms with van der Waals surface area (Å²) >= 11 is 0. The SMILES string of the molecule is CN1C(=O)CC[C@]2(C)[C@H]3CC[C@]4(C)/C(=N/N)CC[C@H]4[C@@H]3CC[C@@H]12. The highest BCUT2D eigenvalue weighted by Crippen LogP contribution is 2.63. The van der Waals surface area contributed by atoms with Crippen molar-refractivity contribution in [2.45, 2.75) is 71.3 Å². The van der Waals surface area contributed by atoms with Gasteiger partial charge in [0.15, 0.2) is 0 Å². The Morgan fingerprint density at radius 1 is 1.09 bits per heavy atom. The Balaban J connectivity index is 1.66. The van der Waals surface area contributed by atoms with E-state index in [-0.39, 0.29) is 5.41 Å². The first-order chi connectivity index (χ1) is 10.9. The third-order valence-electron chi connectivity index (χ3n) is 8.45. The van der Waals surface area contributed by atoms with Crippen molar-refractivity contribution >= 4 is 11.6 Å². The Labute approximate surface area is 139 Å². The molecule has 0 spiro atoms. The van der Waals surface area contributed by atoms with Gasteiger partial charge in [-0.2, -0.15) is 5.10 Å². The maximum Gasteiger partial charge on any atom is 0.222 e. The van der Waals surface area contributed by atoms with Gasteiger partial charge in [-0.1, -0.05) is 13.8 Å². The van der Waals surface area contributed by atoms with E-state index in [1.54, 1.807) is 0 Å².